The summed E-state index contributed by atoms with van der Waals surface area (Å²) < 4.78 is 11.5. The van der Waals surface area contributed by atoms with Crippen LogP contribution in [-0.4, -0.2) is 11.1 Å². The fourth-order valence-electron chi connectivity index (χ4n) is 2.44. The van der Waals surface area contributed by atoms with Gasteiger partial charge < -0.3 is 14.6 Å². The molecule has 0 fully saturated rings. The number of halogens is 1. The van der Waals surface area contributed by atoms with Crippen molar-refractivity contribution in [1.29, 1.82) is 0 Å². The summed E-state index contributed by atoms with van der Waals surface area (Å²) in [5, 5.41) is 9.51. The summed E-state index contributed by atoms with van der Waals surface area (Å²) in [6.07, 6.45) is 0. The van der Waals surface area contributed by atoms with Crippen LogP contribution < -0.4 is 9.47 Å². The molecular formula is C21H17ClO4. The van der Waals surface area contributed by atoms with Crippen LogP contribution in [0, 0.1) is 0 Å². The maximum absolute atomic E-state index is 11.5. The Hall–Kier alpha value is -2.98. The van der Waals surface area contributed by atoms with Crippen molar-refractivity contribution in [3.8, 4) is 11.5 Å². The van der Waals surface area contributed by atoms with Gasteiger partial charge in [0.15, 0.2) is 0 Å². The van der Waals surface area contributed by atoms with Crippen LogP contribution in [0.2, 0.25) is 5.02 Å². The molecule has 0 atom stereocenters. The second-order valence-corrected chi connectivity index (χ2v) is 6.04. The third kappa shape index (κ3) is 4.55. The van der Waals surface area contributed by atoms with Crippen molar-refractivity contribution in [2.24, 2.45) is 0 Å². The van der Waals surface area contributed by atoms with Gasteiger partial charge in [0, 0.05) is 6.07 Å². The minimum atomic E-state index is -1.15. The van der Waals surface area contributed by atoms with E-state index in [2.05, 4.69) is 0 Å². The lowest BCUT2D eigenvalue weighted by molar-refractivity contribution is 0.0692. The number of carboxylic acid groups (broad SMARTS) is 1. The van der Waals surface area contributed by atoms with E-state index in [1.54, 1.807) is 6.07 Å². The molecule has 1 N–H and O–H groups in total. The average molecular weight is 369 g/mol. The lowest BCUT2D eigenvalue weighted by Gasteiger charge is -2.14. The number of aromatic carboxylic acids is 1. The van der Waals surface area contributed by atoms with Crippen LogP contribution >= 0.6 is 11.6 Å². The standard InChI is InChI=1S/C21H17ClO4/c22-18-11-17(25-13-15-7-3-1-4-8-15)12-19(20(18)21(23)24)26-14-16-9-5-2-6-10-16/h1-12H,13-14H2,(H,23,24). The molecule has 0 unspecified atom stereocenters. The first-order valence-electron chi connectivity index (χ1n) is 8.04. The zero-order valence-corrected chi connectivity index (χ0v) is 14.6. The lowest BCUT2D eigenvalue weighted by atomic mass is 10.2. The first-order chi connectivity index (χ1) is 12.6. The molecule has 3 aromatic rings. The van der Waals surface area contributed by atoms with E-state index in [4.69, 9.17) is 21.1 Å². The van der Waals surface area contributed by atoms with Gasteiger partial charge in [-0.1, -0.05) is 72.3 Å². The smallest absolute Gasteiger partial charge is 0.341 e. The molecule has 0 spiro atoms. The Morgan fingerprint density at radius 2 is 1.38 bits per heavy atom. The van der Waals surface area contributed by atoms with Gasteiger partial charge in [0.1, 0.15) is 30.3 Å². The van der Waals surface area contributed by atoms with Gasteiger partial charge in [-0.3, -0.25) is 0 Å². The molecule has 5 heteroatoms. The van der Waals surface area contributed by atoms with E-state index >= 15 is 0 Å². The van der Waals surface area contributed by atoms with E-state index in [0.29, 0.717) is 12.4 Å². The number of hydrogen-bond donors (Lipinski definition) is 1. The predicted molar refractivity (Wildman–Crippen MR) is 100.0 cm³/mol. The summed E-state index contributed by atoms with van der Waals surface area (Å²) in [4.78, 5) is 11.5. The van der Waals surface area contributed by atoms with Crippen molar-refractivity contribution in [2.45, 2.75) is 13.2 Å². The topological polar surface area (TPSA) is 55.8 Å². The van der Waals surface area contributed by atoms with Gasteiger partial charge in [-0.15, -0.1) is 0 Å². The first-order valence-corrected chi connectivity index (χ1v) is 8.41. The number of carbonyl (C=O) groups is 1. The molecule has 132 valence electrons. The molecule has 3 aromatic carbocycles. The summed E-state index contributed by atoms with van der Waals surface area (Å²) in [5.41, 5.74) is 1.85. The van der Waals surface area contributed by atoms with E-state index in [1.165, 1.54) is 6.07 Å². The van der Waals surface area contributed by atoms with Crippen LogP contribution in [0.15, 0.2) is 72.8 Å². The number of carboxylic acids is 1. The molecule has 0 saturated carbocycles. The third-order valence-electron chi connectivity index (χ3n) is 3.73. The summed E-state index contributed by atoms with van der Waals surface area (Å²) in [5.74, 6) is -0.517. The van der Waals surface area contributed by atoms with Crippen molar-refractivity contribution >= 4 is 17.6 Å². The largest absolute Gasteiger partial charge is 0.489 e. The Morgan fingerprint density at radius 1 is 0.846 bits per heavy atom. The van der Waals surface area contributed by atoms with E-state index in [1.807, 2.05) is 60.7 Å². The summed E-state index contributed by atoms with van der Waals surface area (Å²) in [6.45, 7) is 0.585. The second-order valence-electron chi connectivity index (χ2n) is 5.63. The Kier molecular flexibility index (Phi) is 5.77. The summed E-state index contributed by atoms with van der Waals surface area (Å²) in [6, 6.07) is 22.2. The highest BCUT2D eigenvalue weighted by Gasteiger charge is 2.18. The highest BCUT2D eigenvalue weighted by Crippen LogP contribution is 2.33. The number of benzene rings is 3. The van der Waals surface area contributed by atoms with Crippen molar-refractivity contribution in [3.63, 3.8) is 0 Å². The second kappa shape index (κ2) is 8.41. The SMILES string of the molecule is O=C(O)c1c(Cl)cc(OCc2ccccc2)cc1OCc1ccccc1. The van der Waals surface area contributed by atoms with Gasteiger partial charge in [0.05, 0.1) is 5.02 Å². The predicted octanol–water partition coefficient (Wildman–Crippen LogP) is 5.20. The highest BCUT2D eigenvalue weighted by atomic mass is 35.5. The van der Waals surface area contributed by atoms with E-state index in [9.17, 15) is 9.90 Å². The number of hydrogen-bond acceptors (Lipinski definition) is 3. The van der Waals surface area contributed by atoms with Crippen LogP contribution in [0.3, 0.4) is 0 Å². The Morgan fingerprint density at radius 3 is 1.92 bits per heavy atom. The number of ether oxygens (including phenoxy) is 2. The van der Waals surface area contributed by atoms with Gasteiger partial charge in [-0.2, -0.15) is 0 Å². The molecule has 0 aliphatic heterocycles. The van der Waals surface area contributed by atoms with E-state index in [0.717, 1.165) is 11.1 Å². The molecular weight excluding hydrogens is 352 g/mol. The van der Waals surface area contributed by atoms with Crippen molar-refractivity contribution in [3.05, 3.63) is 94.5 Å². The molecule has 0 saturated heterocycles. The molecule has 26 heavy (non-hydrogen) atoms. The Bertz CT molecular complexity index is 879. The maximum Gasteiger partial charge on any atom is 0.341 e. The summed E-state index contributed by atoms with van der Waals surface area (Å²) in [7, 11) is 0. The van der Waals surface area contributed by atoms with Crippen molar-refractivity contribution in [1.82, 2.24) is 0 Å². The molecule has 0 bridgehead atoms. The molecule has 0 aliphatic rings. The van der Waals surface area contributed by atoms with Gasteiger partial charge >= 0.3 is 5.97 Å². The van der Waals surface area contributed by atoms with Gasteiger partial charge in [-0.25, -0.2) is 4.79 Å². The zero-order valence-electron chi connectivity index (χ0n) is 13.9. The first kappa shape index (κ1) is 17.8. The molecule has 4 nitrogen and oxygen atoms in total. The molecule has 0 radical (unpaired) electrons. The van der Waals surface area contributed by atoms with Crippen molar-refractivity contribution < 1.29 is 19.4 Å². The lowest BCUT2D eigenvalue weighted by Crippen LogP contribution is -2.05. The summed E-state index contributed by atoms with van der Waals surface area (Å²) >= 11 is 6.15. The van der Waals surface area contributed by atoms with Crippen LogP contribution in [-0.2, 0) is 13.2 Å². The third-order valence-corrected chi connectivity index (χ3v) is 4.03. The molecule has 0 aromatic heterocycles. The molecule has 0 aliphatic carbocycles. The molecule has 3 rings (SSSR count). The van der Waals surface area contributed by atoms with Crippen molar-refractivity contribution in [2.75, 3.05) is 0 Å². The number of rotatable bonds is 7. The van der Waals surface area contributed by atoms with Crippen LogP contribution in [0.1, 0.15) is 21.5 Å². The monoisotopic (exact) mass is 368 g/mol. The fraction of sp³-hybridized carbons (Fsp3) is 0.0952. The molecule has 0 amide bonds. The Balaban J connectivity index is 1.80. The molecule has 0 heterocycles. The van der Waals surface area contributed by atoms with Gasteiger partial charge in [0.2, 0.25) is 0 Å². The van der Waals surface area contributed by atoms with Crippen LogP contribution in [0.5, 0.6) is 11.5 Å². The minimum absolute atomic E-state index is 0.0744. The van der Waals surface area contributed by atoms with Gasteiger partial charge in [-0.05, 0) is 17.2 Å². The van der Waals surface area contributed by atoms with Crippen LogP contribution in [0.25, 0.3) is 0 Å². The van der Waals surface area contributed by atoms with E-state index < -0.39 is 5.97 Å². The zero-order chi connectivity index (χ0) is 18.4. The Labute approximate surface area is 156 Å². The van der Waals surface area contributed by atoms with Gasteiger partial charge in [0.25, 0.3) is 0 Å². The highest BCUT2D eigenvalue weighted by molar-refractivity contribution is 6.34. The average Bonchev–Trinajstić information content (AvgIpc) is 2.66. The minimum Gasteiger partial charge on any atom is -0.489 e. The maximum atomic E-state index is 11.5. The quantitative estimate of drug-likeness (QED) is 0.623. The normalized spacial score (nSPS) is 10.3. The van der Waals surface area contributed by atoms with E-state index in [-0.39, 0.29) is 22.9 Å². The van der Waals surface area contributed by atoms with Crippen LogP contribution in [0.4, 0.5) is 0 Å². The fourth-order valence-corrected chi connectivity index (χ4v) is 2.72.